The summed E-state index contributed by atoms with van der Waals surface area (Å²) >= 11 is 0. The van der Waals surface area contributed by atoms with E-state index in [-0.39, 0.29) is 12.4 Å². The van der Waals surface area contributed by atoms with Crippen LogP contribution in [0.3, 0.4) is 0 Å². The molecule has 1 aliphatic heterocycles. The van der Waals surface area contributed by atoms with Crippen molar-refractivity contribution in [3.05, 3.63) is 83.6 Å². The average molecular weight is 444 g/mol. The lowest BCUT2D eigenvalue weighted by molar-refractivity contribution is 0.0423. The number of imidazole rings is 2. The van der Waals surface area contributed by atoms with E-state index in [0.29, 0.717) is 35.1 Å². The molecule has 0 atom stereocenters. The van der Waals surface area contributed by atoms with Gasteiger partial charge in [0.2, 0.25) is 0 Å². The summed E-state index contributed by atoms with van der Waals surface area (Å²) in [6, 6.07) is 11.8. The fraction of sp³-hybridized carbons (Fsp3) is 0.160. The first-order chi connectivity index (χ1) is 16.0. The van der Waals surface area contributed by atoms with Crippen LogP contribution in [0.5, 0.6) is 5.75 Å². The van der Waals surface area contributed by atoms with E-state index < -0.39 is 5.97 Å². The molecule has 5 rings (SSSR count). The molecule has 2 aromatic heterocycles. The van der Waals surface area contributed by atoms with Crippen molar-refractivity contribution in [2.45, 2.75) is 13.5 Å². The van der Waals surface area contributed by atoms with Crippen LogP contribution in [0.25, 0.3) is 29.1 Å². The number of rotatable bonds is 5. The molecule has 33 heavy (non-hydrogen) atoms. The first-order valence-electron chi connectivity index (χ1n) is 10.4. The monoisotopic (exact) mass is 444 g/mol. The molecule has 0 unspecified atom stereocenters. The Balaban J connectivity index is 1.52. The van der Waals surface area contributed by atoms with E-state index in [0.717, 1.165) is 16.9 Å². The van der Waals surface area contributed by atoms with Crippen molar-refractivity contribution in [3.63, 3.8) is 0 Å². The van der Waals surface area contributed by atoms with Gasteiger partial charge in [-0.25, -0.2) is 19.2 Å². The van der Waals surface area contributed by atoms with Gasteiger partial charge >= 0.3 is 5.97 Å². The number of methoxy groups -OCH3 is 1. The van der Waals surface area contributed by atoms with Gasteiger partial charge in [0.05, 0.1) is 31.4 Å². The minimum Gasteiger partial charge on any atom is -0.495 e. The van der Waals surface area contributed by atoms with Crippen LogP contribution in [0, 0.1) is 12.7 Å². The van der Waals surface area contributed by atoms with Crippen molar-refractivity contribution in [2.75, 3.05) is 13.7 Å². The second-order valence-corrected chi connectivity index (χ2v) is 7.65. The number of hydrogen-bond donors (Lipinski definition) is 0. The molecule has 0 radical (unpaired) electrons. The molecular weight excluding hydrogens is 423 g/mol. The standard InChI is InChI=1S/C25H21FN4O3/c1-16-14-29(15-27-16)20-9-3-17(13-21(20)32-2)4-10-22-28-23(18-5-7-19(26)8-6-18)24-25(31)33-12-11-30(22)24/h3-10,13-15H,11-12H2,1-2H3/b10-4+. The molecule has 0 saturated carbocycles. The number of ether oxygens (including phenoxy) is 2. The molecule has 4 aromatic rings. The van der Waals surface area contributed by atoms with Crippen molar-refractivity contribution in [1.29, 1.82) is 0 Å². The molecule has 1 aliphatic rings. The smallest absolute Gasteiger partial charge is 0.357 e. The molecule has 0 aliphatic carbocycles. The molecule has 0 spiro atoms. The third-order valence-corrected chi connectivity index (χ3v) is 5.47. The van der Waals surface area contributed by atoms with Gasteiger partial charge in [-0.05, 0) is 55.0 Å². The highest BCUT2D eigenvalue weighted by atomic mass is 19.1. The summed E-state index contributed by atoms with van der Waals surface area (Å²) in [5.74, 6) is 0.539. The molecule has 2 aromatic carbocycles. The Kier molecular flexibility index (Phi) is 5.26. The SMILES string of the molecule is COc1cc(/C=C/c2nc(-c3ccc(F)cc3)c3n2CCOC3=O)ccc1-n1cnc(C)c1. The van der Waals surface area contributed by atoms with Crippen LogP contribution in [0.4, 0.5) is 4.39 Å². The second kappa shape index (κ2) is 8.38. The molecule has 166 valence electrons. The van der Waals surface area contributed by atoms with Crippen LogP contribution in [-0.4, -0.2) is 38.8 Å². The summed E-state index contributed by atoms with van der Waals surface area (Å²) in [5, 5.41) is 0. The number of aryl methyl sites for hydroxylation is 1. The van der Waals surface area contributed by atoms with Crippen LogP contribution in [-0.2, 0) is 11.3 Å². The minimum absolute atomic E-state index is 0.277. The zero-order valence-electron chi connectivity index (χ0n) is 18.2. The maximum Gasteiger partial charge on any atom is 0.357 e. The Morgan fingerprint density at radius 1 is 1.15 bits per heavy atom. The Hall–Kier alpha value is -4.20. The van der Waals surface area contributed by atoms with E-state index in [2.05, 4.69) is 9.97 Å². The predicted octanol–water partition coefficient (Wildman–Crippen LogP) is 4.53. The Morgan fingerprint density at radius 2 is 1.97 bits per heavy atom. The third-order valence-electron chi connectivity index (χ3n) is 5.47. The fourth-order valence-corrected chi connectivity index (χ4v) is 3.87. The summed E-state index contributed by atoms with van der Waals surface area (Å²) in [5.41, 5.74) is 4.21. The predicted molar refractivity (Wildman–Crippen MR) is 122 cm³/mol. The van der Waals surface area contributed by atoms with Gasteiger partial charge in [0, 0.05) is 11.8 Å². The fourth-order valence-electron chi connectivity index (χ4n) is 3.87. The lowest BCUT2D eigenvalue weighted by Crippen LogP contribution is -2.23. The maximum atomic E-state index is 13.4. The zero-order valence-corrected chi connectivity index (χ0v) is 18.2. The van der Waals surface area contributed by atoms with Crippen LogP contribution in [0.1, 0.15) is 27.6 Å². The second-order valence-electron chi connectivity index (χ2n) is 7.65. The lowest BCUT2D eigenvalue weighted by Gasteiger charge is -2.16. The number of hydrogen-bond acceptors (Lipinski definition) is 5. The van der Waals surface area contributed by atoms with Crippen LogP contribution >= 0.6 is 0 Å². The van der Waals surface area contributed by atoms with Gasteiger partial charge in [-0.15, -0.1) is 0 Å². The highest BCUT2D eigenvalue weighted by Gasteiger charge is 2.27. The van der Waals surface area contributed by atoms with Crippen LogP contribution in [0.15, 0.2) is 55.0 Å². The van der Waals surface area contributed by atoms with Gasteiger partial charge in [0.25, 0.3) is 0 Å². The van der Waals surface area contributed by atoms with Crippen molar-refractivity contribution in [2.24, 2.45) is 0 Å². The molecule has 7 nitrogen and oxygen atoms in total. The number of carbonyl (C=O) groups is 1. The Bertz CT molecular complexity index is 1370. The summed E-state index contributed by atoms with van der Waals surface area (Å²) in [6.45, 7) is 2.71. The van der Waals surface area contributed by atoms with Gasteiger partial charge in [0.15, 0.2) is 5.69 Å². The van der Waals surface area contributed by atoms with E-state index in [1.807, 2.05) is 52.6 Å². The van der Waals surface area contributed by atoms with Gasteiger partial charge in [-0.3, -0.25) is 0 Å². The first kappa shape index (κ1) is 20.7. The molecular formula is C25H21FN4O3. The zero-order chi connectivity index (χ0) is 22.9. The third kappa shape index (κ3) is 3.91. The van der Waals surface area contributed by atoms with Gasteiger partial charge in [-0.2, -0.15) is 0 Å². The summed E-state index contributed by atoms with van der Waals surface area (Å²) in [7, 11) is 1.63. The number of aromatic nitrogens is 4. The topological polar surface area (TPSA) is 71.2 Å². The summed E-state index contributed by atoms with van der Waals surface area (Å²) < 4.78 is 27.9. The molecule has 0 bridgehead atoms. The van der Waals surface area contributed by atoms with Crippen LogP contribution in [0.2, 0.25) is 0 Å². The van der Waals surface area contributed by atoms with Crippen molar-refractivity contribution in [3.8, 4) is 22.7 Å². The van der Waals surface area contributed by atoms with Gasteiger partial charge in [-0.1, -0.05) is 12.1 Å². The van der Waals surface area contributed by atoms with E-state index in [1.165, 1.54) is 12.1 Å². The highest BCUT2D eigenvalue weighted by Crippen LogP contribution is 2.29. The molecule has 0 saturated heterocycles. The number of benzene rings is 2. The molecule has 0 fully saturated rings. The number of halogens is 1. The maximum absolute atomic E-state index is 13.4. The summed E-state index contributed by atoms with van der Waals surface area (Å²) in [6.07, 6.45) is 7.44. The molecule has 0 amide bonds. The lowest BCUT2D eigenvalue weighted by atomic mass is 10.1. The van der Waals surface area contributed by atoms with Crippen molar-refractivity contribution < 1.29 is 18.7 Å². The van der Waals surface area contributed by atoms with E-state index in [9.17, 15) is 9.18 Å². The molecule has 8 heteroatoms. The number of carbonyl (C=O) groups excluding carboxylic acids is 1. The highest BCUT2D eigenvalue weighted by molar-refractivity contribution is 5.96. The quantitative estimate of drug-likeness (QED) is 0.423. The first-order valence-corrected chi connectivity index (χ1v) is 10.4. The minimum atomic E-state index is -0.436. The van der Waals surface area contributed by atoms with E-state index in [4.69, 9.17) is 9.47 Å². The molecule has 0 N–H and O–H groups in total. The van der Waals surface area contributed by atoms with Crippen molar-refractivity contribution >= 4 is 18.1 Å². The molecule has 3 heterocycles. The average Bonchev–Trinajstić information content (AvgIpc) is 3.42. The number of cyclic esters (lactones) is 1. The Labute approximate surface area is 189 Å². The summed E-state index contributed by atoms with van der Waals surface area (Å²) in [4.78, 5) is 21.4. The number of esters is 1. The number of fused-ring (bicyclic) bond motifs is 1. The van der Waals surface area contributed by atoms with Crippen molar-refractivity contribution in [1.82, 2.24) is 19.1 Å². The Morgan fingerprint density at radius 3 is 2.70 bits per heavy atom. The largest absolute Gasteiger partial charge is 0.495 e. The van der Waals surface area contributed by atoms with Crippen LogP contribution < -0.4 is 4.74 Å². The van der Waals surface area contributed by atoms with Gasteiger partial charge in [0.1, 0.15) is 29.7 Å². The number of nitrogens with zero attached hydrogens (tertiary/aromatic N) is 4. The van der Waals surface area contributed by atoms with E-state index >= 15 is 0 Å². The van der Waals surface area contributed by atoms with Gasteiger partial charge < -0.3 is 18.6 Å². The van der Waals surface area contributed by atoms with E-state index in [1.54, 1.807) is 25.6 Å². The normalized spacial score (nSPS) is 13.2.